The summed E-state index contributed by atoms with van der Waals surface area (Å²) in [6.45, 7) is 0. The molecule has 1 aliphatic heterocycles. The van der Waals surface area contributed by atoms with Crippen LogP contribution in [0.2, 0.25) is 0 Å². The lowest BCUT2D eigenvalue weighted by Gasteiger charge is -2.16. The van der Waals surface area contributed by atoms with Gasteiger partial charge in [0, 0.05) is 0 Å². The maximum atomic E-state index is 12.9. The molecule has 12 nitrogen and oxygen atoms in total. The fourth-order valence-electron chi connectivity index (χ4n) is 2.84. The molecule has 1 unspecified atom stereocenters. The van der Waals surface area contributed by atoms with Gasteiger partial charge < -0.3 is 5.11 Å². The SMILES string of the molecule is [N]c1ccc(S(=O)(=O)O)c(C2C(=O)N(c3ccc(S(=O)(=O)O)cc3)N=C2C(=O)O)c1. The zero-order valence-electron chi connectivity index (χ0n) is 14.6. The number of carbonyl (C=O) groups is 2. The summed E-state index contributed by atoms with van der Waals surface area (Å²) in [6.07, 6.45) is 0. The van der Waals surface area contributed by atoms with E-state index in [1.807, 2.05) is 0 Å². The van der Waals surface area contributed by atoms with Gasteiger partial charge in [-0.15, -0.1) is 0 Å². The molecule has 0 bridgehead atoms. The van der Waals surface area contributed by atoms with Crippen molar-refractivity contribution in [2.75, 3.05) is 5.01 Å². The third kappa shape index (κ3) is 3.88. The molecular formula is C16H11N3O9S2. The Morgan fingerprint density at radius 3 is 2.10 bits per heavy atom. The number of hydrazone groups is 1. The number of hydrogen-bond donors (Lipinski definition) is 3. The van der Waals surface area contributed by atoms with E-state index in [1.165, 1.54) is 0 Å². The zero-order valence-corrected chi connectivity index (χ0v) is 16.2. The summed E-state index contributed by atoms with van der Waals surface area (Å²) in [5.41, 5.74) is 7.81. The smallest absolute Gasteiger partial charge is 0.353 e. The summed E-state index contributed by atoms with van der Waals surface area (Å²) >= 11 is 0. The standard InChI is InChI=1S/C16H11N3O9S2/c17-8-1-6-12(30(26,27)28)11(7-8)13-14(16(21)22)18-19(15(13)20)9-2-4-10(5-3-9)29(23,24)25/h1-7,13H,(H,21,22)(H,23,24,25)(H,26,27,28). The lowest BCUT2D eigenvalue weighted by atomic mass is 9.93. The molecule has 156 valence electrons. The van der Waals surface area contributed by atoms with Gasteiger partial charge in [-0.05, 0) is 48.0 Å². The van der Waals surface area contributed by atoms with E-state index >= 15 is 0 Å². The minimum absolute atomic E-state index is 0.0813. The lowest BCUT2D eigenvalue weighted by molar-refractivity contribution is -0.130. The van der Waals surface area contributed by atoms with Crippen LogP contribution in [0.5, 0.6) is 0 Å². The average Bonchev–Trinajstić information content (AvgIpc) is 2.97. The third-order valence-corrected chi connectivity index (χ3v) is 5.91. The van der Waals surface area contributed by atoms with Gasteiger partial charge in [-0.1, -0.05) is 0 Å². The molecule has 14 heteroatoms. The van der Waals surface area contributed by atoms with Crippen LogP contribution in [0.25, 0.3) is 0 Å². The van der Waals surface area contributed by atoms with E-state index in [9.17, 15) is 41.8 Å². The highest BCUT2D eigenvalue weighted by atomic mass is 32.2. The molecule has 1 aliphatic rings. The molecule has 0 spiro atoms. The predicted octanol–water partition coefficient (Wildman–Crippen LogP) is 0.451. The number of carboxylic acids is 1. The van der Waals surface area contributed by atoms with Crippen molar-refractivity contribution in [1.82, 2.24) is 5.73 Å². The molecule has 3 N–H and O–H groups in total. The Balaban J connectivity index is 2.14. The summed E-state index contributed by atoms with van der Waals surface area (Å²) in [5.74, 6) is -4.51. The monoisotopic (exact) mass is 453 g/mol. The first-order valence-electron chi connectivity index (χ1n) is 7.84. The molecule has 1 atom stereocenters. The molecule has 0 saturated heterocycles. The molecule has 3 rings (SSSR count). The summed E-state index contributed by atoms with van der Waals surface area (Å²) < 4.78 is 64.0. The normalized spacial score (nSPS) is 17.1. The predicted molar refractivity (Wildman–Crippen MR) is 99.6 cm³/mol. The van der Waals surface area contributed by atoms with E-state index in [4.69, 9.17) is 4.55 Å². The van der Waals surface area contributed by atoms with Crippen molar-refractivity contribution in [1.29, 1.82) is 0 Å². The fourth-order valence-corrected chi connectivity index (χ4v) is 4.04. The van der Waals surface area contributed by atoms with E-state index in [1.54, 1.807) is 0 Å². The van der Waals surface area contributed by atoms with Crippen LogP contribution < -0.4 is 10.7 Å². The van der Waals surface area contributed by atoms with E-state index in [0.29, 0.717) is 5.01 Å². The van der Waals surface area contributed by atoms with Gasteiger partial charge in [-0.2, -0.15) is 32.7 Å². The summed E-state index contributed by atoms with van der Waals surface area (Å²) in [6, 6.07) is 6.57. The molecule has 30 heavy (non-hydrogen) atoms. The van der Waals surface area contributed by atoms with Crippen LogP contribution in [0.1, 0.15) is 11.5 Å². The van der Waals surface area contributed by atoms with Crippen LogP contribution in [-0.4, -0.2) is 48.6 Å². The zero-order chi connectivity index (χ0) is 22.4. The molecule has 1 heterocycles. The second-order valence-electron chi connectivity index (χ2n) is 6.04. The van der Waals surface area contributed by atoms with Crippen LogP contribution in [0.4, 0.5) is 11.4 Å². The van der Waals surface area contributed by atoms with E-state index in [0.717, 1.165) is 42.5 Å². The van der Waals surface area contributed by atoms with Crippen molar-refractivity contribution in [3.05, 3.63) is 48.0 Å². The van der Waals surface area contributed by atoms with E-state index < -0.39 is 64.8 Å². The minimum atomic E-state index is -4.89. The van der Waals surface area contributed by atoms with Crippen molar-refractivity contribution in [3.8, 4) is 0 Å². The van der Waals surface area contributed by atoms with Crippen molar-refractivity contribution < 1.29 is 40.6 Å². The highest BCUT2D eigenvalue weighted by Gasteiger charge is 2.43. The Labute approximate surface area is 169 Å². The Kier molecular flexibility index (Phi) is 5.11. The maximum absolute atomic E-state index is 12.9. The van der Waals surface area contributed by atoms with Crippen LogP contribution >= 0.6 is 0 Å². The highest BCUT2D eigenvalue weighted by molar-refractivity contribution is 7.86. The van der Waals surface area contributed by atoms with E-state index in [2.05, 4.69) is 5.10 Å². The first kappa shape index (κ1) is 21.4. The molecule has 2 radical (unpaired) electrons. The molecule has 0 aromatic heterocycles. The summed E-state index contributed by atoms with van der Waals surface area (Å²) in [4.78, 5) is 23.3. The van der Waals surface area contributed by atoms with E-state index in [-0.39, 0.29) is 5.69 Å². The number of nitrogens with zero attached hydrogens (tertiary/aromatic N) is 3. The molecule has 0 aliphatic carbocycles. The van der Waals surface area contributed by atoms with Gasteiger partial charge in [0.15, 0.2) is 5.71 Å². The quantitative estimate of drug-likeness (QED) is 0.537. The number of benzene rings is 2. The van der Waals surface area contributed by atoms with Crippen LogP contribution in [-0.2, 0) is 29.8 Å². The van der Waals surface area contributed by atoms with Crippen molar-refractivity contribution >= 4 is 49.2 Å². The minimum Gasteiger partial charge on any atom is -0.477 e. The van der Waals surface area contributed by atoms with Crippen molar-refractivity contribution in [3.63, 3.8) is 0 Å². The first-order valence-corrected chi connectivity index (χ1v) is 10.7. The van der Waals surface area contributed by atoms with Gasteiger partial charge in [-0.3, -0.25) is 13.9 Å². The number of carbonyl (C=O) groups excluding carboxylic acids is 1. The number of aliphatic carboxylic acids is 1. The van der Waals surface area contributed by atoms with Gasteiger partial charge >= 0.3 is 5.97 Å². The molecular weight excluding hydrogens is 442 g/mol. The van der Waals surface area contributed by atoms with Gasteiger partial charge in [0.05, 0.1) is 21.2 Å². The van der Waals surface area contributed by atoms with Gasteiger partial charge in [0.2, 0.25) is 0 Å². The third-order valence-electron chi connectivity index (χ3n) is 4.12. The Morgan fingerprint density at radius 2 is 1.60 bits per heavy atom. The molecule has 0 fully saturated rings. The summed E-state index contributed by atoms with van der Waals surface area (Å²) in [5, 5.41) is 13.7. The topological polar surface area (TPSA) is 201 Å². The number of amides is 1. The number of anilines is 1. The molecule has 0 saturated carbocycles. The highest BCUT2D eigenvalue weighted by Crippen LogP contribution is 2.35. The maximum Gasteiger partial charge on any atom is 0.353 e. The second kappa shape index (κ2) is 7.17. The Morgan fingerprint density at radius 1 is 1.00 bits per heavy atom. The van der Waals surface area contributed by atoms with Gasteiger partial charge in [0.25, 0.3) is 26.1 Å². The number of carboxylic acid groups (broad SMARTS) is 1. The largest absolute Gasteiger partial charge is 0.477 e. The van der Waals surface area contributed by atoms with Gasteiger partial charge in [-0.25, -0.2) is 4.79 Å². The Hall–Kier alpha value is -3.33. The molecule has 1 amide bonds. The lowest BCUT2D eigenvalue weighted by Crippen LogP contribution is -2.29. The molecule has 2 aromatic carbocycles. The first-order chi connectivity index (χ1) is 13.8. The Bertz CT molecular complexity index is 1300. The summed E-state index contributed by atoms with van der Waals surface area (Å²) in [7, 11) is -9.41. The van der Waals surface area contributed by atoms with Crippen LogP contribution in [0, 0.1) is 0 Å². The van der Waals surface area contributed by atoms with Crippen LogP contribution in [0.3, 0.4) is 0 Å². The van der Waals surface area contributed by atoms with Crippen molar-refractivity contribution in [2.45, 2.75) is 15.7 Å². The van der Waals surface area contributed by atoms with Crippen LogP contribution in [0.15, 0.2) is 57.4 Å². The number of hydrogen-bond acceptors (Lipinski definition) is 7. The van der Waals surface area contributed by atoms with Gasteiger partial charge in [0.1, 0.15) is 5.92 Å². The number of rotatable bonds is 5. The molecule has 2 aromatic rings. The second-order valence-corrected chi connectivity index (χ2v) is 8.85. The average molecular weight is 453 g/mol. The fraction of sp³-hybridized carbons (Fsp3) is 0.0625. The van der Waals surface area contributed by atoms with Crippen molar-refractivity contribution in [2.24, 2.45) is 5.10 Å².